The van der Waals surface area contributed by atoms with E-state index in [1.165, 1.54) is 0 Å². The molecule has 3 atom stereocenters. The Balaban J connectivity index is 1.60. The minimum absolute atomic E-state index is 0.00166. The maximum absolute atomic E-state index is 13.4. The Kier molecular flexibility index (Phi) is 8.85. The number of unbranched alkanes of at least 4 members (excludes halogenated alkanes) is 1. The first-order valence-electron chi connectivity index (χ1n) is 13.4. The van der Waals surface area contributed by atoms with Crippen molar-refractivity contribution in [2.24, 2.45) is 11.7 Å². The molecule has 2 saturated heterocycles. The van der Waals surface area contributed by atoms with Gasteiger partial charge in [0.05, 0.1) is 19.1 Å². The molecule has 3 N–H and O–H groups in total. The van der Waals surface area contributed by atoms with E-state index in [0.717, 1.165) is 49.0 Å². The molecule has 198 valence electrons. The zero-order chi connectivity index (χ0) is 25.7. The van der Waals surface area contributed by atoms with Gasteiger partial charge in [0.1, 0.15) is 5.75 Å². The van der Waals surface area contributed by atoms with Crippen LogP contribution in [0.15, 0.2) is 18.2 Å². The monoisotopic (exact) mass is 500 g/mol. The number of amides is 2. The van der Waals surface area contributed by atoms with E-state index in [1.807, 2.05) is 21.9 Å². The summed E-state index contributed by atoms with van der Waals surface area (Å²) in [7, 11) is 0. The van der Waals surface area contributed by atoms with E-state index >= 15 is 0 Å². The maximum atomic E-state index is 13.4. The molecule has 36 heavy (non-hydrogen) atoms. The number of ether oxygens (including phenoxy) is 1. The summed E-state index contributed by atoms with van der Waals surface area (Å²) in [5.74, 6) is -0.926. The molecule has 0 spiro atoms. The van der Waals surface area contributed by atoms with E-state index in [9.17, 15) is 19.5 Å². The topological polar surface area (TPSA) is 116 Å². The highest BCUT2D eigenvalue weighted by molar-refractivity contribution is 5.80. The van der Waals surface area contributed by atoms with Gasteiger partial charge in [-0.3, -0.25) is 19.3 Å². The Morgan fingerprint density at radius 1 is 1.22 bits per heavy atom. The van der Waals surface area contributed by atoms with Gasteiger partial charge in [-0.1, -0.05) is 25.5 Å². The largest absolute Gasteiger partial charge is 0.493 e. The molecular weight excluding hydrogens is 460 g/mol. The van der Waals surface area contributed by atoms with Crippen LogP contribution in [-0.4, -0.2) is 96.1 Å². The Bertz CT molecular complexity index is 946. The number of carbonyl (C=O) groups is 3. The second-order valence-corrected chi connectivity index (χ2v) is 10.3. The number of hydrogen-bond acceptors (Lipinski definition) is 6. The fourth-order valence-corrected chi connectivity index (χ4v) is 5.88. The van der Waals surface area contributed by atoms with Crippen molar-refractivity contribution in [1.82, 2.24) is 14.7 Å². The van der Waals surface area contributed by atoms with Gasteiger partial charge in [0.15, 0.2) is 0 Å². The van der Waals surface area contributed by atoms with Gasteiger partial charge >= 0.3 is 5.97 Å². The highest BCUT2D eigenvalue weighted by Gasteiger charge is 2.48. The van der Waals surface area contributed by atoms with Gasteiger partial charge in [0, 0.05) is 57.5 Å². The molecule has 9 nitrogen and oxygen atoms in total. The van der Waals surface area contributed by atoms with Crippen LogP contribution >= 0.6 is 0 Å². The lowest BCUT2D eigenvalue weighted by Crippen LogP contribution is -2.49. The molecule has 0 unspecified atom stereocenters. The van der Waals surface area contributed by atoms with Crippen molar-refractivity contribution in [1.29, 1.82) is 0 Å². The van der Waals surface area contributed by atoms with Crippen molar-refractivity contribution < 1.29 is 24.2 Å². The number of likely N-dealkylation sites (tertiary alicyclic amines) is 2. The summed E-state index contributed by atoms with van der Waals surface area (Å²) in [6.45, 7) is 6.13. The molecule has 0 aliphatic carbocycles. The first kappa shape index (κ1) is 26.4. The Morgan fingerprint density at radius 3 is 2.72 bits per heavy atom. The molecule has 0 saturated carbocycles. The number of fused-ring (bicyclic) bond motifs is 1. The van der Waals surface area contributed by atoms with Crippen LogP contribution in [0, 0.1) is 5.92 Å². The number of carboxylic acid groups (broad SMARTS) is 1. The average Bonchev–Trinajstić information content (AvgIpc) is 3.58. The predicted molar refractivity (Wildman–Crippen MR) is 136 cm³/mol. The van der Waals surface area contributed by atoms with E-state index < -0.39 is 17.9 Å². The second kappa shape index (κ2) is 12.1. The zero-order valence-corrected chi connectivity index (χ0v) is 21.4. The third-order valence-corrected chi connectivity index (χ3v) is 7.86. The molecule has 1 aromatic carbocycles. The lowest BCUT2D eigenvalue weighted by Gasteiger charge is -2.32. The molecule has 2 amide bonds. The molecule has 3 aliphatic rings. The van der Waals surface area contributed by atoms with Crippen LogP contribution in [0.2, 0.25) is 0 Å². The van der Waals surface area contributed by atoms with Crippen molar-refractivity contribution in [2.45, 2.75) is 57.4 Å². The first-order valence-corrected chi connectivity index (χ1v) is 13.4. The minimum atomic E-state index is -0.880. The normalized spacial score (nSPS) is 23.7. The molecule has 3 aliphatic heterocycles. The van der Waals surface area contributed by atoms with E-state index in [-0.39, 0.29) is 24.3 Å². The average molecular weight is 501 g/mol. The van der Waals surface area contributed by atoms with Crippen LogP contribution in [-0.2, 0) is 20.8 Å². The molecule has 9 heteroatoms. The fraction of sp³-hybridized carbons (Fsp3) is 0.667. The summed E-state index contributed by atoms with van der Waals surface area (Å²) in [6, 6.07) is 5.54. The van der Waals surface area contributed by atoms with E-state index in [0.29, 0.717) is 52.3 Å². The highest BCUT2D eigenvalue weighted by atomic mass is 16.5. The molecule has 0 bridgehead atoms. The number of benzene rings is 1. The molecule has 1 aromatic rings. The summed E-state index contributed by atoms with van der Waals surface area (Å²) < 4.78 is 5.65. The summed E-state index contributed by atoms with van der Waals surface area (Å²) in [5.41, 5.74) is 7.77. The van der Waals surface area contributed by atoms with Crippen LogP contribution < -0.4 is 10.5 Å². The van der Waals surface area contributed by atoms with Crippen LogP contribution in [0.4, 0.5) is 0 Å². The van der Waals surface area contributed by atoms with Crippen molar-refractivity contribution in [3.63, 3.8) is 0 Å². The molecule has 3 heterocycles. The number of hydrogen-bond donors (Lipinski definition) is 2. The molecule has 4 rings (SSSR count). The summed E-state index contributed by atoms with van der Waals surface area (Å²) in [6.07, 6.45) is 4.75. The quantitative estimate of drug-likeness (QED) is 0.449. The van der Waals surface area contributed by atoms with Gasteiger partial charge in [-0.25, -0.2) is 0 Å². The summed E-state index contributed by atoms with van der Waals surface area (Å²) in [5, 5.41) is 10.4. The number of nitrogens with two attached hydrogens (primary N) is 1. The standard InChI is InChI=1S/C27H40N4O5/c1-2-3-11-29(13-5-10-28)25(33)18-31-16-21(19-7-8-23-20(15-19)9-14-36-23)26(27(34)35)22(31)17-30-12-4-6-24(30)32/h7-8,15,21-22,26H,2-6,9-14,16-18,28H2,1H3,(H,34,35)/t21-,22+,26-/m1/s1. The van der Waals surface area contributed by atoms with Crippen molar-refractivity contribution in [3.8, 4) is 5.75 Å². The molecule has 2 fully saturated rings. The predicted octanol–water partition coefficient (Wildman–Crippen LogP) is 1.69. The SMILES string of the molecule is CCCCN(CCCN)C(=O)CN1C[C@H](c2ccc3c(c2)CCO3)[C@@H](C(=O)O)[C@@H]1CN1CCCC1=O. The Morgan fingerprint density at radius 2 is 2.03 bits per heavy atom. The number of aliphatic carboxylic acids is 1. The third-order valence-electron chi connectivity index (χ3n) is 7.86. The Labute approximate surface area is 213 Å². The van der Waals surface area contributed by atoms with Gasteiger partial charge < -0.3 is 25.4 Å². The highest BCUT2D eigenvalue weighted by Crippen LogP contribution is 2.40. The third kappa shape index (κ3) is 5.83. The first-order chi connectivity index (χ1) is 17.4. The van der Waals surface area contributed by atoms with Crippen LogP contribution in [0.1, 0.15) is 56.1 Å². The second-order valence-electron chi connectivity index (χ2n) is 10.3. The van der Waals surface area contributed by atoms with E-state index in [4.69, 9.17) is 10.5 Å². The van der Waals surface area contributed by atoms with Gasteiger partial charge in [0.2, 0.25) is 11.8 Å². The van der Waals surface area contributed by atoms with Crippen molar-refractivity contribution in [3.05, 3.63) is 29.3 Å². The van der Waals surface area contributed by atoms with E-state index in [2.05, 4.69) is 13.0 Å². The Hall–Kier alpha value is -2.65. The van der Waals surface area contributed by atoms with Gasteiger partial charge in [-0.05, 0) is 43.0 Å². The smallest absolute Gasteiger partial charge is 0.308 e. The molecule has 0 aromatic heterocycles. The lowest BCUT2D eigenvalue weighted by atomic mass is 9.84. The number of rotatable bonds is 12. The minimum Gasteiger partial charge on any atom is -0.493 e. The van der Waals surface area contributed by atoms with Crippen LogP contribution in [0.25, 0.3) is 0 Å². The van der Waals surface area contributed by atoms with Crippen LogP contribution in [0.3, 0.4) is 0 Å². The van der Waals surface area contributed by atoms with Crippen molar-refractivity contribution in [2.75, 3.05) is 52.4 Å². The summed E-state index contributed by atoms with van der Waals surface area (Å²) in [4.78, 5) is 44.2. The van der Waals surface area contributed by atoms with Gasteiger partial charge in [0.25, 0.3) is 0 Å². The molecule has 0 radical (unpaired) electrons. The molecular formula is C27H40N4O5. The van der Waals surface area contributed by atoms with Gasteiger partial charge in [-0.2, -0.15) is 0 Å². The lowest BCUT2D eigenvalue weighted by molar-refractivity contribution is -0.144. The number of nitrogens with zero attached hydrogens (tertiary/aromatic N) is 3. The van der Waals surface area contributed by atoms with Crippen LogP contribution in [0.5, 0.6) is 5.75 Å². The number of carbonyl (C=O) groups excluding carboxylic acids is 2. The fourth-order valence-electron chi connectivity index (χ4n) is 5.88. The zero-order valence-electron chi connectivity index (χ0n) is 21.4. The maximum Gasteiger partial charge on any atom is 0.308 e. The van der Waals surface area contributed by atoms with Crippen molar-refractivity contribution >= 4 is 17.8 Å². The summed E-state index contributed by atoms with van der Waals surface area (Å²) >= 11 is 0. The number of carboxylic acids is 1. The van der Waals surface area contributed by atoms with Gasteiger partial charge in [-0.15, -0.1) is 0 Å². The van der Waals surface area contributed by atoms with E-state index in [1.54, 1.807) is 4.90 Å².